The van der Waals surface area contributed by atoms with Crippen LogP contribution in [0.25, 0.3) is 5.57 Å². The highest BCUT2D eigenvalue weighted by molar-refractivity contribution is 6.10. The Morgan fingerprint density at radius 2 is 2.00 bits per heavy atom. The first-order valence-corrected chi connectivity index (χ1v) is 9.99. The molecule has 2 amide bonds. The Hall–Kier alpha value is -3.42. The van der Waals surface area contributed by atoms with Gasteiger partial charge in [-0.15, -0.1) is 0 Å². The lowest BCUT2D eigenvalue weighted by atomic mass is 10.1. The monoisotopic (exact) mass is 408 g/mol. The van der Waals surface area contributed by atoms with Crippen LogP contribution in [-0.2, 0) is 0 Å². The fourth-order valence-corrected chi connectivity index (χ4v) is 3.29. The summed E-state index contributed by atoms with van der Waals surface area (Å²) in [5.41, 5.74) is 8.55. The van der Waals surface area contributed by atoms with Gasteiger partial charge in [0, 0.05) is 43.3 Å². The molecule has 1 aliphatic carbocycles. The molecule has 30 heavy (non-hydrogen) atoms. The second-order valence-electron chi connectivity index (χ2n) is 7.68. The third-order valence-corrected chi connectivity index (χ3v) is 5.39. The molecule has 4 rings (SSSR count). The number of allylic oxidation sites excluding steroid dienone is 1. The largest absolute Gasteiger partial charge is 0.404 e. The summed E-state index contributed by atoms with van der Waals surface area (Å²) in [5.74, 6) is 0.193. The van der Waals surface area contributed by atoms with Crippen LogP contribution in [0.15, 0.2) is 47.6 Å². The van der Waals surface area contributed by atoms with E-state index in [2.05, 4.69) is 15.2 Å². The van der Waals surface area contributed by atoms with Crippen LogP contribution in [0.4, 0.5) is 26.4 Å². The molecule has 8 heteroatoms. The lowest BCUT2D eigenvalue weighted by Crippen LogP contribution is -2.50. The highest BCUT2D eigenvalue weighted by Gasteiger charge is 2.31. The number of carbonyl (C=O) groups is 1. The molecule has 0 spiro atoms. The third kappa shape index (κ3) is 4.12. The standard InChI is InChI=1S/C22H25FN6O/c1-14-13-29(22(30)26-18-5-3-16(23)4-6-18)21-20(28(14)2)10-9-19(27-21)15(11-24)12-25-17-7-8-17/h3-6,9-12,14,17H,7-8,13,24H2,1-2H3,(H,26,30). The maximum atomic E-state index is 13.2. The van der Waals surface area contributed by atoms with Crippen LogP contribution < -0.4 is 20.9 Å². The molecule has 0 bridgehead atoms. The number of rotatable bonds is 4. The van der Waals surface area contributed by atoms with Crippen LogP contribution in [0, 0.1) is 5.82 Å². The molecular formula is C22H25FN6O. The van der Waals surface area contributed by atoms with Crippen molar-refractivity contribution in [1.82, 2.24) is 4.98 Å². The van der Waals surface area contributed by atoms with Gasteiger partial charge in [0.05, 0.1) is 17.4 Å². The molecule has 1 unspecified atom stereocenters. The predicted octanol–water partition coefficient (Wildman–Crippen LogP) is 3.63. The van der Waals surface area contributed by atoms with Gasteiger partial charge in [-0.2, -0.15) is 0 Å². The minimum atomic E-state index is -0.355. The van der Waals surface area contributed by atoms with Crippen molar-refractivity contribution in [1.29, 1.82) is 0 Å². The second kappa shape index (κ2) is 8.14. The highest BCUT2D eigenvalue weighted by Crippen LogP contribution is 2.34. The Morgan fingerprint density at radius 1 is 1.27 bits per heavy atom. The van der Waals surface area contributed by atoms with Crippen molar-refractivity contribution in [2.75, 3.05) is 28.7 Å². The van der Waals surface area contributed by atoms with Crippen LogP contribution >= 0.6 is 0 Å². The quantitative estimate of drug-likeness (QED) is 0.757. The molecular weight excluding hydrogens is 383 g/mol. The van der Waals surface area contributed by atoms with E-state index in [-0.39, 0.29) is 17.9 Å². The van der Waals surface area contributed by atoms with E-state index in [0.717, 1.165) is 18.5 Å². The number of pyridine rings is 1. The number of fused-ring (bicyclic) bond motifs is 1. The number of carbonyl (C=O) groups excluding carboxylic acids is 1. The second-order valence-corrected chi connectivity index (χ2v) is 7.68. The zero-order valence-corrected chi connectivity index (χ0v) is 17.0. The number of aromatic nitrogens is 1. The van der Waals surface area contributed by atoms with Gasteiger partial charge in [-0.05, 0) is 56.2 Å². The van der Waals surface area contributed by atoms with E-state index in [4.69, 9.17) is 10.7 Å². The molecule has 2 aliphatic rings. The van der Waals surface area contributed by atoms with Crippen LogP contribution in [0.3, 0.4) is 0 Å². The van der Waals surface area contributed by atoms with E-state index < -0.39 is 0 Å². The average Bonchev–Trinajstić information content (AvgIpc) is 3.57. The van der Waals surface area contributed by atoms with Crippen LogP contribution in [0.1, 0.15) is 25.5 Å². The fraction of sp³-hybridized carbons (Fsp3) is 0.318. The number of aliphatic imine (C=N–C) groups is 1. The van der Waals surface area contributed by atoms with E-state index >= 15 is 0 Å². The van der Waals surface area contributed by atoms with E-state index in [0.29, 0.717) is 35.4 Å². The van der Waals surface area contributed by atoms with Gasteiger partial charge in [0.25, 0.3) is 0 Å². The normalized spacial score (nSPS) is 19.2. The zero-order valence-electron chi connectivity index (χ0n) is 17.0. The molecule has 1 atom stereocenters. The van der Waals surface area contributed by atoms with Crippen LogP contribution in [0.2, 0.25) is 0 Å². The first-order chi connectivity index (χ1) is 14.5. The number of hydrogen-bond acceptors (Lipinski definition) is 5. The minimum absolute atomic E-state index is 0.102. The number of benzene rings is 1. The molecule has 1 saturated carbocycles. The summed E-state index contributed by atoms with van der Waals surface area (Å²) in [6.07, 6.45) is 5.45. The van der Waals surface area contributed by atoms with Gasteiger partial charge in [0.2, 0.25) is 0 Å². The first-order valence-electron chi connectivity index (χ1n) is 9.99. The molecule has 2 heterocycles. The lowest BCUT2D eigenvalue weighted by Gasteiger charge is -2.39. The number of likely N-dealkylation sites (N-methyl/N-ethyl adjacent to an activating group) is 1. The maximum Gasteiger partial charge on any atom is 0.327 e. The predicted molar refractivity (Wildman–Crippen MR) is 119 cm³/mol. The summed E-state index contributed by atoms with van der Waals surface area (Å²) in [6, 6.07) is 9.67. The highest BCUT2D eigenvalue weighted by atomic mass is 19.1. The summed E-state index contributed by atoms with van der Waals surface area (Å²) in [4.78, 5) is 26.0. The number of nitrogens with zero attached hydrogens (tertiary/aromatic N) is 4. The fourth-order valence-electron chi connectivity index (χ4n) is 3.29. The number of hydrogen-bond donors (Lipinski definition) is 2. The third-order valence-electron chi connectivity index (χ3n) is 5.39. The first kappa shape index (κ1) is 19.9. The van der Waals surface area contributed by atoms with E-state index in [1.165, 1.54) is 30.5 Å². The van der Waals surface area contributed by atoms with E-state index in [1.807, 2.05) is 26.1 Å². The average molecular weight is 408 g/mol. The Kier molecular flexibility index (Phi) is 5.39. The van der Waals surface area contributed by atoms with Gasteiger partial charge in [-0.3, -0.25) is 9.89 Å². The van der Waals surface area contributed by atoms with Crippen molar-refractivity contribution in [2.45, 2.75) is 31.8 Å². The number of urea groups is 1. The molecule has 1 aliphatic heterocycles. The van der Waals surface area contributed by atoms with Gasteiger partial charge < -0.3 is 16.0 Å². The van der Waals surface area contributed by atoms with Crippen molar-refractivity contribution >= 4 is 35.0 Å². The molecule has 7 nitrogen and oxygen atoms in total. The Morgan fingerprint density at radius 3 is 2.67 bits per heavy atom. The van der Waals surface area contributed by atoms with E-state index in [1.54, 1.807) is 11.1 Å². The number of halogens is 1. The van der Waals surface area contributed by atoms with E-state index in [9.17, 15) is 9.18 Å². The molecule has 0 radical (unpaired) electrons. The van der Waals surface area contributed by atoms with Crippen molar-refractivity contribution in [2.24, 2.45) is 10.7 Å². The van der Waals surface area contributed by atoms with Gasteiger partial charge in [-0.25, -0.2) is 14.2 Å². The molecule has 2 aromatic rings. The van der Waals surface area contributed by atoms with Gasteiger partial charge >= 0.3 is 6.03 Å². The topological polar surface area (TPSA) is 86.8 Å². The van der Waals surface area contributed by atoms with Crippen molar-refractivity contribution in [3.63, 3.8) is 0 Å². The molecule has 1 aromatic carbocycles. The summed E-state index contributed by atoms with van der Waals surface area (Å²) < 4.78 is 13.2. The van der Waals surface area contributed by atoms with Crippen molar-refractivity contribution in [3.05, 3.63) is 54.1 Å². The summed E-state index contributed by atoms with van der Waals surface area (Å²) in [7, 11) is 1.98. The summed E-state index contributed by atoms with van der Waals surface area (Å²) in [5, 5.41) is 2.82. The maximum absolute atomic E-state index is 13.2. The van der Waals surface area contributed by atoms with Crippen LogP contribution in [0.5, 0.6) is 0 Å². The molecule has 1 aromatic heterocycles. The molecule has 0 saturated heterocycles. The number of anilines is 3. The van der Waals surface area contributed by atoms with Crippen molar-refractivity contribution in [3.8, 4) is 0 Å². The van der Waals surface area contributed by atoms with Crippen molar-refractivity contribution < 1.29 is 9.18 Å². The van der Waals surface area contributed by atoms with Gasteiger partial charge in [0.15, 0.2) is 5.82 Å². The van der Waals surface area contributed by atoms with Gasteiger partial charge in [-0.1, -0.05) is 0 Å². The Bertz CT molecular complexity index is 999. The number of amides is 2. The smallest absolute Gasteiger partial charge is 0.327 e. The summed E-state index contributed by atoms with van der Waals surface area (Å²) in [6.45, 7) is 2.51. The number of nitrogens with one attached hydrogen (secondary N) is 1. The zero-order chi connectivity index (χ0) is 21.3. The molecule has 156 valence electrons. The Balaban J connectivity index is 1.65. The van der Waals surface area contributed by atoms with Gasteiger partial charge in [0.1, 0.15) is 5.82 Å². The number of nitrogens with two attached hydrogens (primary N) is 1. The molecule has 3 N–H and O–H groups in total. The molecule has 1 fully saturated rings. The Labute approximate surface area is 175 Å². The lowest BCUT2D eigenvalue weighted by molar-refractivity contribution is 0.256. The minimum Gasteiger partial charge on any atom is -0.404 e. The van der Waals surface area contributed by atoms with Crippen LogP contribution in [-0.4, -0.2) is 42.9 Å². The summed E-state index contributed by atoms with van der Waals surface area (Å²) >= 11 is 0. The SMILES string of the molecule is CC1CN(C(=O)Nc2ccc(F)cc2)c2nc(C(C=NC3CC3)=CN)ccc2N1C.